The average Bonchev–Trinajstić information content (AvgIpc) is 3.26. The lowest BCUT2D eigenvalue weighted by Gasteiger charge is -2.33. The summed E-state index contributed by atoms with van der Waals surface area (Å²) in [6.45, 7) is 5.28. The van der Waals surface area contributed by atoms with E-state index in [9.17, 15) is 17.6 Å². The molecule has 2 aliphatic rings. The van der Waals surface area contributed by atoms with Crippen LogP contribution in [0.2, 0.25) is 0 Å². The second-order valence-electron chi connectivity index (χ2n) is 11.9. The van der Waals surface area contributed by atoms with Gasteiger partial charge in [-0.05, 0) is 75.6 Å². The number of nitrogens with zero attached hydrogens (tertiary/aromatic N) is 3. The number of alkyl halides is 1. The lowest BCUT2D eigenvalue weighted by atomic mass is 9.90. The Morgan fingerprint density at radius 3 is 2.69 bits per heavy atom. The standard InChI is InChI=1S/C32H43FN4O4S/c1-23(10-5-4-8-15-33)30-26-14-13-24-20-28(26)37-21-25(22-41-29-12-7-6-11-27(29)31(30)37)36(3)18-17-35(2)16-9-19-42(39,40)34-32(24)38/h6-7,11-14,20,23,25H,4-5,8-10,15-19,21-22H2,1-3H3,(H,34,38)/t23?,25-/m1/s1. The molecule has 1 unspecified atom stereocenters. The van der Waals surface area contributed by atoms with Crippen LogP contribution in [0.4, 0.5) is 4.39 Å². The molecule has 0 radical (unpaired) electrons. The second kappa shape index (κ2) is 13.1. The fourth-order valence-corrected chi connectivity index (χ4v) is 7.28. The van der Waals surface area contributed by atoms with E-state index in [2.05, 4.69) is 39.1 Å². The quantitative estimate of drug-likeness (QED) is 0.401. The van der Waals surface area contributed by atoms with E-state index in [-0.39, 0.29) is 24.4 Å². The van der Waals surface area contributed by atoms with Crippen LogP contribution < -0.4 is 9.46 Å². The average molecular weight is 599 g/mol. The molecule has 2 aromatic carbocycles. The number of unbranched alkanes of at least 4 members (excludes halogenated alkanes) is 2. The molecule has 4 bridgehead atoms. The SMILES string of the molecule is CC(CCCCCF)c1c2n3c4cc(ccc14)C(=O)NS(=O)(=O)CCCN(C)CCN(C)[C@@H](COc1ccccc1-2)C3. The highest BCUT2D eigenvalue weighted by atomic mass is 32.2. The monoisotopic (exact) mass is 598 g/mol. The van der Waals surface area contributed by atoms with E-state index in [0.717, 1.165) is 60.3 Å². The number of carbonyl (C=O) groups excluding carboxylic acids is 1. The van der Waals surface area contributed by atoms with Crippen molar-refractivity contribution in [3.8, 4) is 17.0 Å². The predicted octanol–water partition coefficient (Wildman–Crippen LogP) is 5.03. The smallest absolute Gasteiger partial charge is 0.264 e. The van der Waals surface area contributed by atoms with E-state index in [1.54, 1.807) is 6.07 Å². The first kappa shape index (κ1) is 30.5. The van der Waals surface area contributed by atoms with Gasteiger partial charge in [-0.3, -0.25) is 14.1 Å². The molecule has 228 valence electrons. The van der Waals surface area contributed by atoms with E-state index in [1.165, 1.54) is 5.56 Å². The number of halogens is 1. The molecule has 2 aliphatic heterocycles. The van der Waals surface area contributed by atoms with Gasteiger partial charge in [0.1, 0.15) is 12.4 Å². The van der Waals surface area contributed by atoms with Crippen LogP contribution in [0.15, 0.2) is 42.5 Å². The van der Waals surface area contributed by atoms with Crippen LogP contribution in [0.5, 0.6) is 5.75 Å². The van der Waals surface area contributed by atoms with Crippen LogP contribution in [0.1, 0.15) is 60.9 Å². The van der Waals surface area contributed by atoms with Crippen molar-refractivity contribution in [1.29, 1.82) is 0 Å². The van der Waals surface area contributed by atoms with Crippen molar-refractivity contribution in [1.82, 2.24) is 19.1 Å². The summed E-state index contributed by atoms with van der Waals surface area (Å²) in [5.74, 6) is 0.270. The number of fused-ring (bicyclic) bond motifs is 4. The predicted molar refractivity (Wildman–Crippen MR) is 166 cm³/mol. The molecule has 1 N–H and O–H groups in total. The minimum Gasteiger partial charge on any atom is -0.491 e. The molecular formula is C32H43FN4O4S. The van der Waals surface area contributed by atoms with Crippen molar-refractivity contribution in [3.05, 3.63) is 53.6 Å². The maximum atomic E-state index is 13.2. The van der Waals surface area contributed by atoms with E-state index in [0.29, 0.717) is 38.1 Å². The summed E-state index contributed by atoms with van der Waals surface area (Å²) in [5, 5.41) is 1.04. The van der Waals surface area contributed by atoms with Gasteiger partial charge in [-0.1, -0.05) is 38.0 Å². The van der Waals surface area contributed by atoms with Gasteiger partial charge in [-0.15, -0.1) is 0 Å². The molecule has 0 saturated carbocycles. The van der Waals surface area contributed by atoms with Gasteiger partial charge in [0.25, 0.3) is 5.91 Å². The Balaban J connectivity index is 1.70. The maximum Gasteiger partial charge on any atom is 0.264 e. The number of hydrogen-bond acceptors (Lipinski definition) is 6. The fourth-order valence-electron chi connectivity index (χ4n) is 6.27. The summed E-state index contributed by atoms with van der Waals surface area (Å²) in [7, 11) is 0.334. The van der Waals surface area contributed by atoms with Gasteiger partial charge in [0.2, 0.25) is 10.0 Å². The third-order valence-electron chi connectivity index (χ3n) is 8.76. The first-order chi connectivity index (χ1) is 20.2. The number of benzene rings is 2. The molecule has 0 aliphatic carbocycles. The third-order valence-corrected chi connectivity index (χ3v) is 10.1. The van der Waals surface area contributed by atoms with E-state index in [4.69, 9.17) is 4.74 Å². The number of sulfonamides is 1. The number of likely N-dealkylation sites (N-methyl/N-ethyl adjacent to an activating group) is 2. The number of hydrogen-bond donors (Lipinski definition) is 1. The highest BCUT2D eigenvalue weighted by Gasteiger charge is 2.30. The molecule has 1 aromatic heterocycles. The second-order valence-corrected chi connectivity index (χ2v) is 13.7. The van der Waals surface area contributed by atoms with Crippen LogP contribution >= 0.6 is 0 Å². The molecule has 10 heteroatoms. The Labute approximate surface area is 248 Å². The van der Waals surface area contributed by atoms with Gasteiger partial charge in [0, 0.05) is 41.7 Å². The first-order valence-corrected chi connectivity index (χ1v) is 16.7. The molecule has 0 spiro atoms. The number of nitrogens with one attached hydrogen (secondary N) is 1. The summed E-state index contributed by atoms with van der Waals surface area (Å²) in [5.41, 5.74) is 4.47. The number of aromatic nitrogens is 1. The molecule has 2 atom stereocenters. The molecule has 8 nitrogen and oxygen atoms in total. The Bertz CT molecular complexity index is 1520. The van der Waals surface area contributed by atoms with Crippen molar-refractivity contribution in [2.75, 3.05) is 52.8 Å². The van der Waals surface area contributed by atoms with Gasteiger partial charge in [0.05, 0.1) is 24.2 Å². The maximum absolute atomic E-state index is 13.2. The molecule has 5 rings (SSSR count). The number of carbonyl (C=O) groups is 1. The molecular weight excluding hydrogens is 555 g/mol. The van der Waals surface area contributed by atoms with Crippen LogP contribution in [-0.4, -0.2) is 87.5 Å². The Kier molecular flexibility index (Phi) is 9.54. The van der Waals surface area contributed by atoms with Gasteiger partial charge in [-0.25, -0.2) is 13.1 Å². The van der Waals surface area contributed by atoms with Gasteiger partial charge >= 0.3 is 0 Å². The van der Waals surface area contributed by atoms with Crippen molar-refractivity contribution in [3.63, 3.8) is 0 Å². The number of para-hydroxylation sites is 1. The molecule has 42 heavy (non-hydrogen) atoms. The summed E-state index contributed by atoms with van der Waals surface area (Å²) in [6, 6.07) is 13.7. The zero-order valence-corrected chi connectivity index (χ0v) is 25.8. The zero-order chi connectivity index (χ0) is 29.9. The van der Waals surface area contributed by atoms with E-state index in [1.807, 2.05) is 37.4 Å². The highest BCUT2D eigenvalue weighted by Crippen LogP contribution is 2.44. The van der Waals surface area contributed by atoms with Crippen LogP contribution in [-0.2, 0) is 16.6 Å². The molecule has 3 aromatic rings. The number of ether oxygens (including phenoxy) is 1. The van der Waals surface area contributed by atoms with Crippen molar-refractivity contribution >= 4 is 26.8 Å². The lowest BCUT2D eigenvalue weighted by Crippen LogP contribution is -2.44. The van der Waals surface area contributed by atoms with Gasteiger partial charge in [-0.2, -0.15) is 0 Å². The first-order valence-electron chi connectivity index (χ1n) is 15.1. The van der Waals surface area contributed by atoms with Crippen molar-refractivity contribution in [2.24, 2.45) is 0 Å². The molecule has 0 fully saturated rings. The number of rotatable bonds is 6. The zero-order valence-electron chi connectivity index (χ0n) is 24.9. The van der Waals surface area contributed by atoms with Crippen LogP contribution in [0, 0.1) is 0 Å². The Morgan fingerprint density at radius 2 is 1.88 bits per heavy atom. The van der Waals surface area contributed by atoms with Gasteiger partial charge < -0.3 is 14.2 Å². The molecule has 3 heterocycles. The summed E-state index contributed by atoms with van der Waals surface area (Å²) >= 11 is 0. The van der Waals surface area contributed by atoms with Crippen molar-refractivity contribution < 1.29 is 22.3 Å². The normalized spacial score (nSPS) is 21.0. The summed E-state index contributed by atoms with van der Waals surface area (Å²) < 4.78 is 49.4. The highest BCUT2D eigenvalue weighted by molar-refractivity contribution is 7.90. The minimum absolute atomic E-state index is 0.0691. The molecule has 1 amide bonds. The van der Waals surface area contributed by atoms with Crippen LogP contribution in [0.25, 0.3) is 22.2 Å². The van der Waals surface area contributed by atoms with Crippen LogP contribution in [0.3, 0.4) is 0 Å². The van der Waals surface area contributed by atoms with E-state index >= 15 is 0 Å². The number of amides is 1. The van der Waals surface area contributed by atoms with Gasteiger partial charge in [0.15, 0.2) is 0 Å². The summed E-state index contributed by atoms with van der Waals surface area (Å²) in [4.78, 5) is 17.7. The summed E-state index contributed by atoms with van der Waals surface area (Å²) in [6.07, 6.45) is 3.68. The van der Waals surface area contributed by atoms with Crippen molar-refractivity contribution in [2.45, 2.75) is 57.5 Å². The van der Waals surface area contributed by atoms with E-state index < -0.39 is 15.9 Å². The Hall–Kier alpha value is -2.95. The largest absolute Gasteiger partial charge is 0.491 e. The minimum atomic E-state index is -3.77. The lowest BCUT2D eigenvalue weighted by molar-refractivity contribution is 0.0981. The molecule has 0 saturated heterocycles. The Morgan fingerprint density at radius 1 is 1.07 bits per heavy atom. The fraction of sp³-hybridized carbons (Fsp3) is 0.531. The topological polar surface area (TPSA) is 83.9 Å². The third kappa shape index (κ3) is 6.66.